The van der Waals surface area contributed by atoms with Crippen LogP contribution in [0, 0.1) is 0 Å². The first-order valence-corrected chi connectivity index (χ1v) is 11.0. The number of nitrogens with zero attached hydrogens (tertiary/aromatic N) is 1. The first-order chi connectivity index (χ1) is 13.3. The number of hydrogen-bond donors (Lipinski definition) is 0. The van der Waals surface area contributed by atoms with Crippen LogP contribution in [-0.4, -0.2) is 11.0 Å². The topological polar surface area (TPSA) is 39.2 Å². The van der Waals surface area contributed by atoms with E-state index in [1.165, 1.54) is 64.2 Å². The summed E-state index contributed by atoms with van der Waals surface area (Å²) in [5.74, 6) is -0.0935. The summed E-state index contributed by atoms with van der Waals surface area (Å²) in [6, 6.07) is 3.78. The van der Waals surface area contributed by atoms with Gasteiger partial charge in [0.15, 0.2) is 0 Å². The Hall–Kier alpha value is -1.64. The van der Waals surface area contributed by atoms with Gasteiger partial charge in [0.25, 0.3) is 0 Å². The lowest BCUT2D eigenvalue weighted by Crippen LogP contribution is -2.04. The average Bonchev–Trinajstić information content (AvgIpc) is 2.70. The Balaban J connectivity index is 1.78. The summed E-state index contributed by atoms with van der Waals surface area (Å²) in [5, 5.41) is 0. The molecule has 0 atom stereocenters. The number of ether oxygens (including phenoxy) is 1. The maximum absolute atomic E-state index is 11.7. The van der Waals surface area contributed by atoms with E-state index in [0.717, 1.165) is 24.8 Å². The summed E-state index contributed by atoms with van der Waals surface area (Å²) in [6.07, 6.45) is 25.2. The molecule has 1 rings (SSSR count). The minimum absolute atomic E-state index is 0.0935. The molecule has 0 aliphatic carbocycles. The first kappa shape index (κ1) is 23.4. The molecule has 27 heavy (non-hydrogen) atoms. The van der Waals surface area contributed by atoms with Crippen LogP contribution >= 0.6 is 0 Å². The van der Waals surface area contributed by atoms with Crippen molar-refractivity contribution in [1.82, 2.24) is 4.98 Å². The predicted molar refractivity (Wildman–Crippen MR) is 113 cm³/mol. The number of carbonyl (C=O) groups excluding carboxylic acids is 1. The van der Waals surface area contributed by atoms with E-state index >= 15 is 0 Å². The maximum Gasteiger partial charge on any atom is 0.306 e. The Morgan fingerprint density at radius 1 is 0.926 bits per heavy atom. The quantitative estimate of drug-likeness (QED) is 0.165. The monoisotopic (exact) mass is 373 g/mol. The summed E-state index contributed by atoms with van der Waals surface area (Å²) < 4.78 is 5.26. The summed E-state index contributed by atoms with van der Waals surface area (Å²) in [7, 11) is 0. The number of aromatic nitrogens is 1. The maximum atomic E-state index is 11.7. The Morgan fingerprint density at radius 2 is 1.56 bits per heavy atom. The molecule has 1 heterocycles. The lowest BCUT2D eigenvalue weighted by atomic mass is 10.0. The van der Waals surface area contributed by atoms with Crippen LogP contribution in [0.1, 0.15) is 102 Å². The largest absolute Gasteiger partial charge is 0.461 e. The van der Waals surface area contributed by atoms with Crippen molar-refractivity contribution in [3.05, 3.63) is 42.2 Å². The second kappa shape index (κ2) is 17.8. The molecule has 0 fully saturated rings. The van der Waals surface area contributed by atoms with E-state index in [0.29, 0.717) is 13.0 Å². The second-order valence-corrected chi connectivity index (χ2v) is 7.33. The Labute approximate surface area is 166 Å². The molecule has 0 spiro atoms. The molecular weight excluding hydrogens is 334 g/mol. The lowest BCUT2D eigenvalue weighted by molar-refractivity contribution is -0.145. The molecule has 0 aromatic carbocycles. The predicted octanol–water partition coefficient (Wildman–Crippen LogP) is 7.16. The van der Waals surface area contributed by atoms with Gasteiger partial charge in [-0.2, -0.15) is 0 Å². The third-order valence-electron chi connectivity index (χ3n) is 4.78. The van der Waals surface area contributed by atoms with Crippen LogP contribution in [0.2, 0.25) is 0 Å². The van der Waals surface area contributed by atoms with Crippen molar-refractivity contribution in [3.63, 3.8) is 0 Å². The van der Waals surface area contributed by atoms with Gasteiger partial charge in [0.1, 0.15) is 6.61 Å². The van der Waals surface area contributed by atoms with Gasteiger partial charge < -0.3 is 4.74 Å². The van der Waals surface area contributed by atoms with E-state index in [1.807, 2.05) is 12.1 Å². The Kier molecular flexibility index (Phi) is 15.4. The number of pyridine rings is 1. The third-order valence-corrected chi connectivity index (χ3v) is 4.78. The van der Waals surface area contributed by atoms with Gasteiger partial charge in [0, 0.05) is 24.4 Å². The van der Waals surface area contributed by atoms with E-state index in [-0.39, 0.29) is 5.97 Å². The van der Waals surface area contributed by atoms with E-state index in [1.54, 1.807) is 12.4 Å². The number of allylic oxidation sites excluding steroid dienone is 2. The van der Waals surface area contributed by atoms with Crippen LogP contribution in [0.4, 0.5) is 0 Å². The molecule has 0 bridgehead atoms. The summed E-state index contributed by atoms with van der Waals surface area (Å²) in [4.78, 5) is 15.7. The normalized spacial score (nSPS) is 11.1. The molecule has 3 nitrogen and oxygen atoms in total. The third kappa shape index (κ3) is 15.1. The van der Waals surface area contributed by atoms with Crippen molar-refractivity contribution in [2.24, 2.45) is 0 Å². The van der Waals surface area contributed by atoms with Crippen LogP contribution in [0.5, 0.6) is 0 Å². The number of esters is 1. The second-order valence-electron chi connectivity index (χ2n) is 7.33. The fraction of sp³-hybridized carbons (Fsp3) is 0.667. The number of carbonyl (C=O) groups is 1. The lowest BCUT2D eigenvalue weighted by Gasteiger charge is -2.05. The Bertz CT molecular complexity index is 484. The van der Waals surface area contributed by atoms with Crippen molar-refractivity contribution in [2.75, 3.05) is 0 Å². The summed E-state index contributed by atoms with van der Waals surface area (Å²) in [5.41, 5.74) is 0.944. The van der Waals surface area contributed by atoms with E-state index in [9.17, 15) is 4.79 Å². The van der Waals surface area contributed by atoms with Crippen LogP contribution in [0.15, 0.2) is 36.7 Å². The standard InChI is InChI=1S/C24H39NO2/c1-2-3-4-5-6-7-8-9-10-11-12-13-14-15-16-19-24(26)27-22-23-18-17-20-25-21-23/h3-4,17-18,20-21H,2,5-16,19,22H2,1H3/b4-3-. The summed E-state index contributed by atoms with van der Waals surface area (Å²) in [6.45, 7) is 2.53. The molecule has 0 amide bonds. The van der Waals surface area contributed by atoms with Gasteiger partial charge in [-0.25, -0.2) is 0 Å². The number of rotatable bonds is 17. The van der Waals surface area contributed by atoms with Gasteiger partial charge in [-0.05, 0) is 31.7 Å². The smallest absolute Gasteiger partial charge is 0.306 e. The highest BCUT2D eigenvalue weighted by molar-refractivity contribution is 5.69. The van der Waals surface area contributed by atoms with Gasteiger partial charge in [0.05, 0.1) is 0 Å². The minimum Gasteiger partial charge on any atom is -0.461 e. The first-order valence-electron chi connectivity index (χ1n) is 11.0. The van der Waals surface area contributed by atoms with E-state index < -0.39 is 0 Å². The van der Waals surface area contributed by atoms with E-state index in [2.05, 4.69) is 24.1 Å². The molecule has 0 aliphatic heterocycles. The highest BCUT2D eigenvalue weighted by Gasteiger charge is 2.03. The zero-order valence-electron chi connectivity index (χ0n) is 17.3. The van der Waals surface area contributed by atoms with Gasteiger partial charge >= 0.3 is 5.97 Å². The van der Waals surface area contributed by atoms with Crippen LogP contribution < -0.4 is 0 Å². The van der Waals surface area contributed by atoms with Crippen LogP contribution in [-0.2, 0) is 16.1 Å². The van der Waals surface area contributed by atoms with Gasteiger partial charge in [-0.1, -0.05) is 82.9 Å². The highest BCUT2D eigenvalue weighted by Crippen LogP contribution is 2.13. The molecule has 0 aliphatic rings. The Morgan fingerprint density at radius 3 is 2.15 bits per heavy atom. The van der Waals surface area contributed by atoms with Crippen molar-refractivity contribution in [1.29, 1.82) is 0 Å². The van der Waals surface area contributed by atoms with Gasteiger partial charge in [-0.15, -0.1) is 0 Å². The van der Waals surface area contributed by atoms with Crippen molar-refractivity contribution >= 4 is 5.97 Å². The fourth-order valence-electron chi connectivity index (χ4n) is 3.13. The average molecular weight is 374 g/mol. The van der Waals surface area contributed by atoms with Gasteiger partial charge in [-0.3, -0.25) is 9.78 Å². The van der Waals surface area contributed by atoms with Crippen LogP contribution in [0.3, 0.4) is 0 Å². The molecule has 152 valence electrons. The van der Waals surface area contributed by atoms with Crippen molar-refractivity contribution < 1.29 is 9.53 Å². The molecule has 0 N–H and O–H groups in total. The van der Waals surface area contributed by atoms with Crippen molar-refractivity contribution in [3.8, 4) is 0 Å². The molecular formula is C24H39NO2. The van der Waals surface area contributed by atoms with E-state index in [4.69, 9.17) is 4.74 Å². The molecule has 0 saturated carbocycles. The zero-order valence-corrected chi connectivity index (χ0v) is 17.3. The SMILES string of the molecule is CC/C=C\CCCCCCCCCCCCCC(=O)OCc1cccnc1. The number of hydrogen-bond acceptors (Lipinski definition) is 3. The van der Waals surface area contributed by atoms with Gasteiger partial charge in [0.2, 0.25) is 0 Å². The van der Waals surface area contributed by atoms with Crippen LogP contribution in [0.25, 0.3) is 0 Å². The zero-order chi connectivity index (χ0) is 19.4. The number of unbranched alkanes of at least 4 members (excludes halogenated alkanes) is 11. The molecule has 0 saturated heterocycles. The minimum atomic E-state index is -0.0935. The summed E-state index contributed by atoms with van der Waals surface area (Å²) >= 11 is 0. The molecule has 1 aromatic heterocycles. The molecule has 3 heteroatoms. The molecule has 1 aromatic rings. The fourth-order valence-corrected chi connectivity index (χ4v) is 3.13. The molecule has 0 radical (unpaired) electrons. The highest BCUT2D eigenvalue weighted by atomic mass is 16.5. The molecule has 0 unspecified atom stereocenters. The van der Waals surface area contributed by atoms with Crippen molar-refractivity contribution in [2.45, 2.75) is 103 Å².